The van der Waals surface area contributed by atoms with Gasteiger partial charge in [0.2, 0.25) is 6.29 Å². The Hall–Kier alpha value is -2.04. The highest BCUT2D eigenvalue weighted by Crippen LogP contribution is 2.76. The molecule has 5 saturated heterocycles. The van der Waals surface area contributed by atoms with Crippen molar-refractivity contribution in [2.45, 2.75) is 273 Å². The SMILES string of the molecule is C[C@@H]1O[C@@H](O[C@H]2[C@H](O[C@H]3CC[C@@]4(C)[C@H]5CC=C6[C@@H]7CC(C)(C)CC[C@]7(C(=O)O[C@@H]7O[C@H](CO[C@@H]8O[C@H](CO)[C@@H](O[C@@H]9O[C@@H](C)[C@H](O)[C@@H](O)[C@H]9O)[C@@H](O)[C@H]8O)[C@@H](O)[C@H](O)[C@H]7O)CC[C@@]6(C)[C@]5(C)CC[C@H]4[C@]3(C)C=O)OC[C@H](O)[C@@H]2O)[C@H](O)[C@H](O)[C@H]1O. The van der Waals surface area contributed by atoms with Gasteiger partial charge in [-0.15, -0.1) is 0 Å². The summed E-state index contributed by atoms with van der Waals surface area (Å²) in [6, 6.07) is 0. The van der Waals surface area contributed by atoms with Crippen LogP contribution in [0.4, 0.5) is 0 Å². The first-order valence-corrected chi connectivity index (χ1v) is 30.5. The van der Waals surface area contributed by atoms with E-state index in [0.717, 1.165) is 18.3 Å². The monoisotopic (exact) mass is 1220 g/mol. The van der Waals surface area contributed by atoms with Gasteiger partial charge >= 0.3 is 5.97 Å². The highest BCUT2D eigenvalue weighted by Gasteiger charge is 2.71. The molecule has 0 unspecified atom stereocenters. The fourth-order valence-electron chi connectivity index (χ4n) is 17.4. The number of hydrogen-bond donors (Lipinski definition) is 14. The first-order valence-electron chi connectivity index (χ1n) is 30.5. The first kappa shape index (κ1) is 65.9. The molecule has 0 aromatic rings. The Morgan fingerprint density at radius 2 is 1.16 bits per heavy atom. The predicted molar refractivity (Wildman–Crippen MR) is 287 cm³/mol. The highest BCUT2D eigenvalue weighted by molar-refractivity contribution is 5.79. The molecule has 0 bridgehead atoms. The van der Waals surface area contributed by atoms with Gasteiger partial charge in [-0.1, -0.05) is 53.2 Å². The molecule has 14 N–H and O–H groups in total. The fraction of sp³-hybridized carbons (Fsp3) is 0.932. The molecule has 10 aliphatic rings. The quantitative estimate of drug-likeness (QED) is 0.0398. The Kier molecular flexibility index (Phi) is 18.8. The second kappa shape index (κ2) is 24.2. The number of fused-ring (bicyclic) bond motifs is 7. The van der Waals surface area contributed by atoms with Crippen molar-refractivity contribution in [1.82, 2.24) is 0 Å². The van der Waals surface area contributed by atoms with Crippen molar-refractivity contribution in [3.05, 3.63) is 11.6 Å². The summed E-state index contributed by atoms with van der Waals surface area (Å²) in [5.41, 5.74) is -2.35. The van der Waals surface area contributed by atoms with Crippen LogP contribution < -0.4 is 0 Å². The second-order valence-electron chi connectivity index (χ2n) is 28.3. The Morgan fingerprint density at radius 1 is 0.588 bits per heavy atom. The standard InChI is InChI=1S/C59H94O26/c1-24-34(63)38(67)42(71)49(78-24)83-46-29(20-60)80-48(45(74)41(46)70)77-22-30-37(66)40(69)44(73)51(81-30)85-53(75)59-17-15-54(3,4)19-27(59)26-9-10-32-55(5)13-12-33(56(6,23-61)31(55)11-14-58(32,8)57(26,7)16-18-59)82-52-47(36(65)28(62)21-76-52)84-50-43(72)39(68)35(64)25(2)79-50/h9,23-25,27-52,60,62-74H,10-22H2,1-8H3/t24-,25-,27-,28-,29+,30+,31+,32+,33-,34-,35-,36-,37+,38+,39+,40-,41-,42+,43+,44+,45+,46+,47+,48+,49-,50-,51-,52-,55+,56-,57+,58+,59-/m0/s1. The van der Waals surface area contributed by atoms with Crippen LogP contribution in [-0.2, 0) is 57.0 Å². The number of aliphatic hydroxyl groups excluding tert-OH is 14. The summed E-state index contributed by atoms with van der Waals surface area (Å²) < 4.78 is 59.3. The number of esters is 1. The molecule has 9 fully saturated rings. The normalized spacial score (nSPS) is 55.2. The van der Waals surface area contributed by atoms with Crippen LogP contribution in [0.3, 0.4) is 0 Å². The number of rotatable bonds is 13. The minimum absolute atomic E-state index is 0.0712. The van der Waals surface area contributed by atoms with Crippen LogP contribution in [-0.4, -0.2) is 257 Å². The third-order valence-electron chi connectivity index (χ3n) is 23.0. The van der Waals surface area contributed by atoms with Crippen LogP contribution in [0.25, 0.3) is 0 Å². The van der Waals surface area contributed by atoms with Crippen LogP contribution in [0.2, 0.25) is 0 Å². The molecule has 33 atom stereocenters. The molecular formula is C59H94O26. The Balaban J connectivity index is 0.833. The van der Waals surface area contributed by atoms with Crippen molar-refractivity contribution in [2.75, 3.05) is 19.8 Å². The molecule has 5 aliphatic carbocycles. The highest BCUT2D eigenvalue weighted by atomic mass is 16.8. The smallest absolute Gasteiger partial charge is 0.315 e. The molecule has 5 aliphatic heterocycles. The van der Waals surface area contributed by atoms with Gasteiger partial charge in [-0.25, -0.2) is 0 Å². The predicted octanol–water partition coefficient (Wildman–Crippen LogP) is -2.34. The van der Waals surface area contributed by atoms with Crippen molar-refractivity contribution in [2.24, 2.45) is 50.2 Å². The van der Waals surface area contributed by atoms with Crippen molar-refractivity contribution in [3.63, 3.8) is 0 Å². The van der Waals surface area contributed by atoms with Crippen molar-refractivity contribution >= 4 is 12.3 Å². The maximum absolute atomic E-state index is 15.2. The molecule has 5 heterocycles. The van der Waals surface area contributed by atoms with E-state index in [4.69, 9.17) is 47.4 Å². The lowest BCUT2D eigenvalue weighted by atomic mass is 9.33. The van der Waals surface area contributed by atoms with Gasteiger partial charge < -0.3 is 124 Å². The summed E-state index contributed by atoms with van der Waals surface area (Å²) >= 11 is 0. The zero-order valence-corrected chi connectivity index (χ0v) is 49.7. The van der Waals surface area contributed by atoms with E-state index in [2.05, 4.69) is 40.7 Å². The van der Waals surface area contributed by atoms with E-state index in [1.807, 2.05) is 6.92 Å². The van der Waals surface area contributed by atoms with Crippen LogP contribution in [0, 0.1) is 50.2 Å². The zero-order valence-electron chi connectivity index (χ0n) is 49.7. The number of aliphatic hydroxyl groups is 14. The lowest BCUT2D eigenvalue weighted by molar-refractivity contribution is -0.363. The van der Waals surface area contributed by atoms with Crippen molar-refractivity contribution in [1.29, 1.82) is 0 Å². The Labute approximate surface area is 494 Å². The molecule has 26 nitrogen and oxygen atoms in total. The summed E-state index contributed by atoms with van der Waals surface area (Å²) in [4.78, 5) is 29.0. The fourth-order valence-corrected chi connectivity index (χ4v) is 17.4. The van der Waals surface area contributed by atoms with E-state index in [1.54, 1.807) is 0 Å². The molecule has 0 aromatic heterocycles. The lowest BCUT2D eigenvalue weighted by Crippen LogP contribution is -2.67. The van der Waals surface area contributed by atoms with Gasteiger partial charge in [0.1, 0.15) is 110 Å². The van der Waals surface area contributed by atoms with Crippen molar-refractivity contribution < 1.29 is 128 Å². The summed E-state index contributed by atoms with van der Waals surface area (Å²) in [6.45, 7) is 14.3. The molecule has 0 amide bonds. The summed E-state index contributed by atoms with van der Waals surface area (Å²) in [5.74, 6) is -1.05. The first-order chi connectivity index (χ1) is 39.8. The topological polar surface area (TPSA) is 410 Å². The minimum Gasteiger partial charge on any atom is -0.432 e. The Morgan fingerprint density at radius 3 is 1.79 bits per heavy atom. The molecule has 10 rings (SSSR count). The largest absolute Gasteiger partial charge is 0.432 e. The average Bonchev–Trinajstić information content (AvgIpc) is 0.692. The van der Waals surface area contributed by atoms with Gasteiger partial charge in [-0.05, 0) is 117 Å². The number of allylic oxidation sites excluding steroid dienone is 2. The van der Waals surface area contributed by atoms with Gasteiger partial charge in [-0.2, -0.15) is 0 Å². The van der Waals surface area contributed by atoms with Gasteiger partial charge in [0.25, 0.3) is 0 Å². The third-order valence-corrected chi connectivity index (χ3v) is 23.0. The van der Waals surface area contributed by atoms with Gasteiger partial charge in [0, 0.05) is 0 Å². The van der Waals surface area contributed by atoms with E-state index in [-0.39, 0.29) is 35.2 Å². The summed E-state index contributed by atoms with van der Waals surface area (Å²) in [7, 11) is 0. The number of aldehydes is 1. The van der Waals surface area contributed by atoms with Crippen LogP contribution in [0.5, 0.6) is 0 Å². The molecule has 0 aromatic carbocycles. The summed E-state index contributed by atoms with van der Waals surface area (Å²) in [5, 5.41) is 151. The number of carbonyl (C=O) groups is 2. The van der Waals surface area contributed by atoms with E-state index in [1.165, 1.54) is 13.8 Å². The maximum Gasteiger partial charge on any atom is 0.315 e. The summed E-state index contributed by atoms with van der Waals surface area (Å²) in [6.07, 6.45) is -29.4. The van der Waals surface area contributed by atoms with Gasteiger partial charge in [-0.3, -0.25) is 4.79 Å². The molecular weight excluding hydrogens is 1120 g/mol. The van der Waals surface area contributed by atoms with E-state index >= 15 is 4.79 Å². The molecule has 0 spiro atoms. The molecule has 4 saturated carbocycles. The van der Waals surface area contributed by atoms with Crippen molar-refractivity contribution in [3.8, 4) is 0 Å². The van der Waals surface area contributed by atoms with Gasteiger partial charge in [0.05, 0.1) is 49.0 Å². The van der Waals surface area contributed by atoms with E-state index < -0.39 is 194 Å². The van der Waals surface area contributed by atoms with E-state index in [9.17, 15) is 76.3 Å². The van der Waals surface area contributed by atoms with Crippen LogP contribution >= 0.6 is 0 Å². The number of carbonyl (C=O) groups excluding carboxylic acids is 2. The molecule has 486 valence electrons. The average molecular weight is 1220 g/mol. The molecule has 0 radical (unpaired) electrons. The second-order valence-corrected chi connectivity index (χ2v) is 28.3. The van der Waals surface area contributed by atoms with Crippen LogP contribution in [0.15, 0.2) is 11.6 Å². The van der Waals surface area contributed by atoms with Gasteiger partial charge in [0.15, 0.2) is 25.2 Å². The number of ether oxygens (including phenoxy) is 10. The third kappa shape index (κ3) is 11.0. The minimum atomic E-state index is -1.91. The van der Waals surface area contributed by atoms with Crippen LogP contribution in [0.1, 0.15) is 120 Å². The maximum atomic E-state index is 15.2. The number of hydrogen-bond acceptors (Lipinski definition) is 26. The lowest BCUT2D eigenvalue weighted by Gasteiger charge is -2.71. The molecule has 85 heavy (non-hydrogen) atoms. The van der Waals surface area contributed by atoms with E-state index in [0.29, 0.717) is 57.8 Å². The molecule has 26 heteroatoms. The zero-order chi connectivity index (χ0) is 62.0. The Bertz CT molecular complexity index is 2400.